The highest BCUT2D eigenvalue weighted by Crippen LogP contribution is 2.31. The Hall–Kier alpha value is -4.21. The first kappa shape index (κ1) is 35.6. The zero-order valence-corrected chi connectivity index (χ0v) is 29.1. The SMILES string of the molecule is CC(C)C.CN=C(C)/C(CCCc1c(-c2ccc3ncc(C[N+]4=C5CCC(=O)N5CC4)n3c2)ccc(F)c1F)=C(\N)C(=O)C(C)(C)C. The third kappa shape index (κ3) is 8.03. The Bertz CT molecular complexity index is 1760. The van der Waals surface area contributed by atoms with Crippen LogP contribution >= 0.6 is 0 Å². The van der Waals surface area contributed by atoms with Gasteiger partial charge in [-0.15, -0.1) is 0 Å². The molecular formula is C37H49F2N6O2+. The van der Waals surface area contributed by atoms with Gasteiger partial charge < -0.3 is 5.73 Å². The summed E-state index contributed by atoms with van der Waals surface area (Å²) in [4.78, 5) is 35.7. The third-order valence-corrected chi connectivity index (χ3v) is 8.45. The number of allylic oxidation sites excluding steroid dienone is 2. The van der Waals surface area contributed by atoms with Crippen LogP contribution in [0.5, 0.6) is 0 Å². The number of carbonyl (C=O) groups is 2. The minimum Gasteiger partial charge on any atom is -0.396 e. The molecule has 0 aliphatic carbocycles. The number of hydrogen-bond donors (Lipinski definition) is 1. The molecule has 1 aromatic carbocycles. The lowest BCUT2D eigenvalue weighted by atomic mass is 9.86. The highest BCUT2D eigenvalue weighted by atomic mass is 19.2. The predicted octanol–water partition coefficient (Wildman–Crippen LogP) is 6.73. The van der Waals surface area contributed by atoms with Crippen LogP contribution in [0.15, 0.2) is 52.9 Å². The molecule has 3 aromatic rings. The van der Waals surface area contributed by atoms with Crippen LogP contribution < -0.4 is 5.73 Å². The van der Waals surface area contributed by atoms with E-state index >= 15 is 4.39 Å². The van der Waals surface area contributed by atoms with Crippen molar-refractivity contribution in [2.45, 2.75) is 87.1 Å². The second-order valence-electron chi connectivity index (χ2n) is 14.0. The highest BCUT2D eigenvalue weighted by Gasteiger charge is 2.41. The van der Waals surface area contributed by atoms with Crippen molar-refractivity contribution in [2.75, 3.05) is 20.1 Å². The van der Waals surface area contributed by atoms with E-state index in [2.05, 4.69) is 35.3 Å². The number of carbonyl (C=O) groups excluding carboxylic acids is 2. The molecule has 47 heavy (non-hydrogen) atoms. The number of hydrogen-bond acceptors (Lipinski definition) is 5. The lowest BCUT2D eigenvalue weighted by Gasteiger charge is -2.20. The summed E-state index contributed by atoms with van der Waals surface area (Å²) in [7, 11) is 1.64. The number of nitrogens with two attached hydrogens (primary N) is 1. The van der Waals surface area contributed by atoms with Crippen molar-refractivity contribution in [1.29, 1.82) is 0 Å². The van der Waals surface area contributed by atoms with Crippen molar-refractivity contribution in [3.63, 3.8) is 0 Å². The van der Waals surface area contributed by atoms with Crippen LogP contribution in [0.25, 0.3) is 16.8 Å². The predicted molar refractivity (Wildman–Crippen MR) is 183 cm³/mol. The molecule has 0 radical (unpaired) electrons. The number of nitrogens with zero attached hydrogens (tertiary/aromatic N) is 5. The van der Waals surface area contributed by atoms with Crippen molar-refractivity contribution >= 4 is 28.9 Å². The van der Waals surface area contributed by atoms with E-state index in [0.717, 1.165) is 47.7 Å². The van der Waals surface area contributed by atoms with Crippen molar-refractivity contribution < 1.29 is 22.9 Å². The molecule has 1 fully saturated rings. The zero-order valence-electron chi connectivity index (χ0n) is 29.1. The summed E-state index contributed by atoms with van der Waals surface area (Å²) in [6, 6.07) is 6.49. The number of aromatic nitrogens is 2. The lowest BCUT2D eigenvalue weighted by Crippen LogP contribution is -2.28. The van der Waals surface area contributed by atoms with E-state index in [1.165, 1.54) is 0 Å². The highest BCUT2D eigenvalue weighted by molar-refractivity contribution is 6.08. The fourth-order valence-corrected chi connectivity index (χ4v) is 5.97. The molecule has 2 aliphatic rings. The van der Waals surface area contributed by atoms with E-state index in [1.807, 2.05) is 54.6 Å². The number of ketones is 1. The van der Waals surface area contributed by atoms with Crippen LogP contribution in [0.2, 0.25) is 0 Å². The zero-order chi connectivity index (χ0) is 34.6. The maximum Gasteiger partial charge on any atom is 0.310 e. The van der Waals surface area contributed by atoms with Crippen molar-refractivity contribution in [3.8, 4) is 11.1 Å². The number of amides is 1. The third-order valence-electron chi connectivity index (χ3n) is 8.45. The summed E-state index contributed by atoms with van der Waals surface area (Å²) in [5.74, 6) is 0.0993. The largest absolute Gasteiger partial charge is 0.396 e. The molecular weight excluding hydrogens is 598 g/mol. The molecule has 0 spiro atoms. The fraction of sp³-hybridized carbons (Fsp3) is 0.486. The van der Waals surface area contributed by atoms with Gasteiger partial charge in [-0.1, -0.05) is 47.6 Å². The number of amidine groups is 1. The molecule has 0 unspecified atom stereocenters. The van der Waals surface area contributed by atoms with Crippen LogP contribution in [-0.4, -0.2) is 62.2 Å². The first-order chi connectivity index (χ1) is 22.1. The van der Waals surface area contributed by atoms with Crippen molar-refractivity contribution in [3.05, 3.63) is 70.8 Å². The van der Waals surface area contributed by atoms with Gasteiger partial charge in [0.05, 0.1) is 30.4 Å². The molecule has 0 saturated carbocycles. The standard InChI is InChI=1S/C33H39F2N6O2.C4H10/c1-20(37-5)23(31(36)32(43)33(2,3)4)7-6-8-25-24(10-11-26(34)30(25)35)21-9-12-27-38-17-22(41(27)18-21)19-39-15-16-40-28(39)13-14-29(40)42;1-4(2)3/h9-12,17-18H,6-8,13-16,19,36H2,1-5H3;4H,1-3H3/q+1;/b31-23-,37-20?;. The molecule has 1 amide bonds. The number of benzene rings is 1. The monoisotopic (exact) mass is 647 g/mol. The van der Waals surface area contributed by atoms with E-state index in [-0.39, 0.29) is 29.4 Å². The van der Waals surface area contributed by atoms with Gasteiger partial charge in [-0.2, -0.15) is 4.90 Å². The number of pyridine rings is 1. The summed E-state index contributed by atoms with van der Waals surface area (Å²) < 4.78 is 34.1. The van der Waals surface area contributed by atoms with Gasteiger partial charge in [-0.25, -0.2) is 18.6 Å². The van der Waals surface area contributed by atoms with Crippen LogP contribution in [0.3, 0.4) is 0 Å². The van der Waals surface area contributed by atoms with E-state index in [1.54, 1.807) is 20.0 Å². The quantitative estimate of drug-likeness (QED) is 0.158. The molecule has 10 heteroatoms. The molecule has 252 valence electrons. The lowest BCUT2D eigenvalue weighted by molar-refractivity contribution is -0.536. The fourth-order valence-electron chi connectivity index (χ4n) is 5.97. The normalized spacial score (nSPS) is 15.8. The van der Waals surface area contributed by atoms with Gasteiger partial charge in [-0.3, -0.25) is 18.8 Å². The Kier molecular flexibility index (Phi) is 11.1. The first-order valence-corrected chi connectivity index (χ1v) is 16.5. The Balaban J connectivity index is 0.00000118. The number of aliphatic imine (C=N–C) groups is 1. The van der Waals surface area contributed by atoms with E-state index in [9.17, 15) is 14.0 Å². The molecule has 1 saturated heterocycles. The topological polar surface area (TPSA) is 96.1 Å². The smallest absolute Gasteiger partial charge is 0.310 e. The minimum absolute atomic E-state index is 0.162. The molecule has 0 bridgehead atoms. The van der Waals surface area contributed by atoms with Gasteiger partial charge in [0.25, 0.3) is 5.84 Å². The van der Waals surface area contributed by atoms with Crippen LogP contribution in [0.4, 0.5) is 8.78 Å². The van der Waals surface area contributed by atoms with Crippen molar-refractivity contribution in [1.82, 2.24) is 14.3 Å². The molecule has 5 rings (SSSR count). The van der Waals surface area contributed by atoms with Gasteiger partial charge in [0, 0.05) is 24.4 Å². The van der Waals surface area contributed by atoms with E-state index in [0.29, 0.717) is 49.2 Å². The number of Topliss-reactive ketones (excluding diaryl/α,β-unsaturated/α-hetero) is 1. The van der Waals surface area contributed by atoms with Gasteiger partial charge in [-0.05, 0) is 72.6 Å². The number of rotatable bonds is 9. The van der Waals surface area contributed by atoms with Gasteiger partial charge >= 0.3 is 5.91 Å². The van der Waals surface area contributed by atoms with Crippen LogP contribution in [0.1, 0.15) is 85.4 Å². The number of imidazole rings is 1. The average molecular weight is 648 g/mol. The summed E-state index contributed by atoms with van der Waals surface area (Å²) >= 11 is 0. The first-order valence-electron chi connectivity index (χ1n) is 16.5. The minimum atomic E-state index is -0.908. The molecule has 8 nitrogen and oxygen atoms in total. The summed E-state index contributed by atoms with van der Waals surface area (Å²) in [5.41, 5.74) is 10.4. The Morgan fingerprint density at radius 1 is 1.13 bits per heavy atom. The molecule has 4 heterocycles. The Morgan fingerprint density at radius 2 is 1.83 bits per heavy atom. The molecule has 0 atom stereocenters. The maximum atomic E-state index is 15.3. The summed E-state index contributed by atoms with van der Waals surface area (Å²) in [6.45, 7) is 15.8. The van der Waals surface area contributed by atoms with Crippen molar-refractivity contribution in [2.24, 2.45) is 22.1 Å². The molecule has 2 aromatic heterocycles. The molecule has 2 N–H and O–H groups in total. The van der Waals surface area contributed by atoms with Gasteiger partial charge in [0.2, 0.25) is 0 Å². The average Bonchev–Trinajstić information content (AvgIpc) is 3.72. The van der Waals surface area contributed by atoms with Gasteiger partial charge in [0.1, 0.15) is 25.3 Å². The summed E-state index contributed by atoms with van der Waals surface area (Å²) in [6.07, 6.45) is 6.09. The Labute approximate surface area is 277 Å². The second-order valence-corrected chi connectivity index (χ2v) is 14.0. The van der Waals surface area contributed by atoms with Gasteiger partial charge in [0.15, 0.2) is 17.4 Å². The second kappa shape index (κ2) is 14.7. The molecule has 2 aliphatic heterocycles. The maximum absolute atomic E-state index is 15.3. The van der Waals surface area contributed by atoms with E-state index in [4.69, 9.17) is 5.73 Å². The van der Waals surface area contributed by atoms with E-state index < -0.39 is 17.0 Å². The Morgan fingerprint density at radius 3 is 2.49 bits per heavy atom. The number of fused-ring (bicyclic) bond motifs is 2. The number of halogens is 2. The van der Waals surface area contributed by atoms with Crippen LogP contribution in [0, 0.1) is 23.0 Å². The van der Waals surface area contributed by atoms with Crippen LogP contribution in [-0.2, 0) is 22.6 Å². The summed E-state index contributed by atoms with van der Waals surface area (Å²) in [5, 5.41) is 0.